The van der Waals surface area contributed by atoms with Crippen LogP contribution in [0.4, 0.5) is 0 Å². The SMILES string of the molecule is CC(C)[C@H]1CC[C@H](C)C[C@H]1OP1O[C@H](c2ccccc2)[C@@H](c2ccccc2)O1. The molecule has 0 radical (unpaired) electrons. The van der Waals surface area contributed by atoms with Gasteiger partial charge in [-0.2, -0.15) is 0 Å². The molecule has 2 fully saturated rings. The maximum atomic E-state index is 6.52. The minimum Gasteiger partial charge on any atom is -0.309 e. The van der Waals surface area contributed by atoms with Crippen molar-refractivity contribution >= 4 is 8.60 Å². The van der Waals surface area contributed by atoms with E-state index < -0.39 is 8.60 Å². The predicted molar refractivity (Wildman–Crippen MR) is 114 cm³/mol. The zero-order chi connectivity index (χ0) is 19.5. The first kappa shape index (κ1) is 20.0. The van der Waals surface area contributed by atoms with Crippen LogP contribution in [0.25, 0.3) is 0 Å². The van der Waals surface area contributed by atoms with Crippen LogP contribution in [-0.4, -0.2) is 6.10 Å². The summed E-state index contributed by atoms with van der Waals surface area (Å²) in [5, 5.41) is 0. The molecule has 1 heterocycles. The average molecular weight is 398 g/mol. The second kappa shape index (κ2) is 9.05. The lowest BCUT2D eigenvalue weighted by atomic mass is 9.75. The van der Waals surface area contributed by atoms with E-state index in [-0.39, 0.29) is 18.3 Å². The average Bonchev–Trinajstić information content (AvgIpc) is 3.13. The van der Waals surface area contributed by atoms with E-state index in [0.29, 0.717) is 17.8 Å². The Bertz CT molecular complexity index is 689. The molecule has 2 aromatic rings. The first-order chi connectivity index (χ1) is 13.6. The maximum Gasteiger partial charge on any atom is 0.334 e. The molecule has 4 heteroatoms. The molecule has 5 atom stereocenters. The van der Waals surface area contributed by atoms with Crippen molar-refractivity contribution in [3.05, 3.63) is 71.8 Å². The molecule has 0 amide bonds. The van der Waals surface area contributed by atoms with E-state index in [0.717, 1.165) is 17.5 Å². The van der Waals surface area contributed by atoms with E-state index in [1.807, 2.05) is 12.1 Å². The number of benzene rings is 2. The van der Waals surface area contributed by atoms with Crippen LogP contribution in [0, 0.1) is 17.8 Å². The number of hydrogen-bond acceptors (Lipinski definition) is 3. The Labute approximate surface area is 170 Å². The van der Waals surface area contributed by atoms with Crippen molar-refractivity contribution in [1.82, 2.24) is 0 Å². The van der Waals surface area contributed by atoms with Crippen molar-refractivity contribution < 1.29 is 13.6 Å². The van der Waals surface area contributed by atoms with Gasteiger partial charge in [0.15, 0.2) is 0 Å². The van der Waals surface area contributed by atoms with Crippen molar-refractivity contribution in [1.29, 1.82) is 0 Å². The smallest absolute Gasteiger partial charge is 0.309 e. The molecule has 0 N–H and O–H groups in total. The van der Waals surface area contributed by atoms with Crippen LogP contribution in [0.1, 0.15) is 63.4 Å². The quantitative estimate of drug-likeness (QED) is 0.498. The molecule has 0 aromatic heterocycles. The highest BCUT2D eigenvalue weighted by Crippen LogP contribution is 2.61. The van der Waals surface area contributed by atoms with Crippen molar-refractivity contribution in [2.45, 2.75) is 58.3 Å². The van der Waals surface area contributed by atoms with Crippen molar-refractivity contribution in [2.75, 3.05) is 0 Å². The van der Waals surface area contributed by atoms with E-state index in [2.05, 4.69) is 69.3 Å². The lowest BCUT2D eigenvalue weighted by Gasteiger charge is -2.37. The Morgan fingerprint density at radius 2 is 1.39 bits per heavy atom. The van der Waals surface area contributed by atoms with Gasteiger partial charge in [0.25, 0.3) is 0 Å². The minimum atomic E-state index is -1.36. The monoisotopic (exact) mass is 398 g/mol. The second-order valence-electron chi connectivity index (χ2n) is 8.57. The van der Waals surface area contributed by atoms with E-state index in [9.17, 15) is 0 Å². The fourth-order valence-corrected chi connectivity index (χ4v) is 5.92. The fraction of sp³-hybridized carbons (Fsp3) is 0.500. The molecule has 2 aromatic carbocycles. The highest BCUT2D eigenvalue weighted by Gasteiger charge is 2.43. The van der Waals surface area contributed by atoms with Gasteiger partial charge in [0.2, 0.25) is 0 Å². The van der Waals surface area contributed by atoms with Gasteiger partial charge in [-0.1, -0.05) is 87.9 Å². The molecule has 1 aliphatic heterocycles. The van der Waals surface area contributed by atoms with Crippen LogP contribution in [0.3, 0.4) is 0 Å². The second-order valence-corrected chi connectivity index (χ2v) is 9.65. The molecule has 150 valence electrons. The van der Waals surface area contributed by atoms with Crippen LogP contribution >= 0.6 is 8.60 Å². The third-order valence-electron chi connectivity index (χ3n) is 6.11. The summed E-state index contributed by atoms with van der Waals surface area (Å²) in [6.07, 6.45) is 3.58. The molecule has 0 spiro atoms. The fourth-order valence-electron chi connectivity index (χ4n) is 4.47. The molecule has 0 unspecified atom stereocenters. The number of rotatable bonds is 5. The van der Waals surface area contributed by atoms with E-state index >= 15 is 0 Å². The standard InChI is InChI=1S/C24H31O3P/c1-17(2)21-15-14-18(3)16-22(21)25-28-26-23(19-10-6-4-7-11-19)24(27-28)20-12-8-5-9-13-20/h4-13,17-18,21-24H,14-16H2,1-3H3/t18-,21+,22+,23+,24+/m0/s1. The Balaban J connectivity index is 1.54. The summed E-state index contributed by atoms with van der Waals surface area (Å²) in [4.78, 5) is 0. The summed E-state index contributed by atoms with van der Waals surface area (Å²) in [6.45, 7) is 6.94. The summed E-state index contributed by atoms with van der Waals surface area (Å²) < 4.78 is 19.3. The molecule has 4 rings (SSSR count). The van der Waals surface area contributed by atoms with Gasteiger partial charge in [-0.15, -0.1) is 0 Å². The largest absolute Gasteiger partial charge is 0.334 e. The van der Waals surface area contributed by atoms with Gasteiger partial charge in [-0.3, -0.25) is 0 Å². The van der Waals surface area contributed by atoms with Crippen LogP contribution in [0.15, 0.2) is 60.7 Å². The molecule has 1 saturated heterocycles. The predicted octanol–water partition coefficient (Wildman–Crippen LogP) is 7.22. The normalized spacial score (nSPS) is 31.4. The first-order valence-electron chi connectivity index (χ1n) is 10.5. The van der Waals surface area contributed by atoms with Gasteiger partial charge in [-0.25, -0.2) is 0 Å². The van der Waals surface area contributed by atoms with Gasteiger partial charge in [-0.05, 0) is 41.7 Å². The third-order valence-corrected chi connectivity index (χ3v) is 7.35. The lowest BCUT2D eigenvalue weighted by molar-refractivity contribution is 0.0341. The van der Waals surface area contributed by atoms with Crippen LogP contribution < -0.4 is 0 Å². The van der Waals surface area contributed by atoms with Gasteiger partial charge < -0.3 is 13.6 Å². The Morgan fingerprint density at radius 1 is 0.857 bits per heavy atom. The summed E-state index contributed by atoms with van der Waals surface area (Å²) in [5.41, 5.74) is 2.28. The summed E-state index contributed by atoms with van der Waals surface area (Å²) in [5.74, 6) is 1.90. The van der Waals surface area contributed by atoms with Gasteiger partial charge in [0, 0.05) is 0 Å². The topological polar surface area (TPSA) is 27.7 Å². The van der Waals surface area contributed by atoms with Gasteiger partial charge in [0.1, 0.15) is 12.2 Å². The van der Waals surface area contributed by atoms with E-state index in [4.69, 9.17) is 13.6 Å². The Hall–Kier alpha value is -1.25. The number of hydrogen-bond donors (Lipinski definition) is 0. The van der Waals surface area contributed by atoms with Gasteiger partial charge in [0.05, 0.1) is 6.10 Å². The highest BCUT2D eigenvalue weighted by molar-refractivity contribution is 7.42. The van der Waals surface area contributed by atoms with E-state index in [1.54, 1.807) is 0 Å². The first-order valence-corrected chi connectivity index (χ1v) is 11.6. The van der Waals surface area contributed by atoms with Crippen LogP contribution in [-0.2, 0) is 13.6 Å². The van der Waals surface area contributed by atoms with Crippen molar-refractivity contribution in [2.24, 2.45) is 17.8 Å². The zero-order valence-electron chi connectivity index (χ0n) is 17.0. The Morgan fingerprint density at radius 3 is 1.89 bits per heavy atom. The highest BCUT2D eigenvalue weighted by atomic mass is 31.2. The Kier molecular flexibility index (Phi) is 6.48. The van der Waals surface area contributed by atoms with Crippen LogP contribution in [0.5, 0.6) is 0 Å². The molecule has 2 aliphatic rings. The molecule has 0 bridgehead atoms. The molecule has 1 saturated carbocycles. The van der Waals surface area contributed by atoms with Crippen LogP contribution in [0.2, 0.25) is 0 Å². The maximum absolute atomic E-state index is 6.52. The third kappa shape index (κ3) is 4.49. The molecule has 28 heavy (non-hydrogen) atoms. The molecule has 3 nitrogen and oxygen atoms in total. The lowest BCUT2D eigenvalue weighted by Crippen LogP contribution is -2.33. The minimum absolute atomic E-state index is 0.131. The van der Waals surface area contributed by atoms with Crippen molar-refractivity contribution in [3.8, 4) is 0 Å². The summed E-state index contributed by atoms with van der Waals surface area (Å²) in [7, 11) is -1.36. The molecular weight excluding hydrogens is 367 g/mol. The summed E-state index contributed by atoms with van der Waals surface area (Å²) in [6, 6.07) is 20.7. The van der Waals surface area contributed by atoms with E-state index in [1.165, 1.54) is 12.8 Å². The molecule has 1 aliphatic carbocycles. The van der Waals surface area contributed by atoms with Gasteiger partial charge >= 0.3 is 8.60 Å². The van der Waals surface area contributed by atoms with Crippen molar-refractivity contribution in [3.63, 3.8) is 0 Å². The molecular formula is C24H31O3P. The zero-order valence-corrected chi connectivity index (χ0v) is 17.9. The summed E-state index contributed by atoms with van der Waals surface area (Å²) >= 11 is 0.